The Morgan fingerprint density at radius 1 is 0.328 bits per heavy atom. The molecule has 0 atom stereocenters. The van der Waals surface area contributed by atoms with Crippen LogP contribution in [0.1, 0.15) is 0 Å². The van der Waals surface area contributed by atoms with E-state index in [9.17, 15) is 0 Å². The first-order valence-electron chi connectivity index (χ1n) is 21.3. The van der Waals surface area contributed by atoms with Crippen LogP contribution in [0.15, 0.2) is 217 Å². The van der Waals surface area contributed by atoms with Crippen molar-refractivity contribution in [1.29, 1.82) is 0 Å². The van der Waals surface area contributed by atoms with Gasteiger partial charge in [-0.1, -0.05) is 198 Å². The average molecular weight is 805 g/mol. The minimum atomic E-state index is 0.334. The van der Waals surface area contributed by atoms with Crippen molar-refractivity contribution < 1.29 is 4.42 Å². The van der Waals surface area contributed by atoms with Crippen LogP contribution in [0, 0.1) is 0 Å². The number of rotatable bonds is 8. The quantitative estimate of drug-likeness (QED) is 0.142. The van der Waals surface area contributed by atoms with Gasteiger partial charge in [0.25, 0.3) is 0 Å². The molecular weight excluding hydrogens is 770 g/mol. The third kappa shape index (κ3) is 6.83. The number of fused-ring (bicyclic) bond motifs is 5. The lowest BCUT2D eigenvalue weighted by molar-refractivity contribution is 0.673. The second-order valence-corrected chi connectivity index (χ2v) is 16.1. The molecule has 0 bridgehead atoms. The first kappa shape index (κ1) is 39.2. The van der Waals surface area contributed by atoms with Gasteiger partial charge in [0.2, 0.25) is 0 Å². The summed E-state index contributed by atoms with van der Waals surface area (Å²) in [7, 11) is 28.3. The van der Waals surface area contributed by atoms with E-state index < -0.39 is 0 Å². The SMILES string of the molecule is [B]c1c([B])c(N(c2ccc(-c3ccc(-c4ccccc4)cc3)cc2)c2ccc(-c3cccc4oc5c6ccccc6ccc5c34)cc2)c([B])c([B])c1-c1ccc(-c2ccccc2)cc1. The molecule has 0 aliphatic rings. The number of benzene rings is 10. The largest absolute Gasteiger partial charge is 0.455 e. The maximum atomic E-state index is 7.12. The molecule has 0 unspecified atom stereocenters. The Hall–Kier alpha value is -7.68. The molecule has 0 saturated heterocycles. The van der Waals surface area contributed by atoms with Crippen LogP contribution in [0.5, 0.6) is 0 Å². The second-order valence-electron chi connectivity index (χ2n) is 16.1. The van der Waals surface area contributed by atoms with Crippen LogP contribution in [0.3, 0.4) is 0 Å². The molecule has 11 aromatic rings. The van der Waals surface area contributed by atoms with Crippen molar-refractivity contribution >= 4 is 103 Å². The highest BCUT2D eigenvalue weighted by molar-refractivity contribution is 6.63. The zero-order valence-electron chi connectivity index (χ0n) is 34.9. The standard InChI is InChI=1S/C58H35B4NO/c59-53-51(44-24-22-39(23-25-44)37-12-5-2-6-13-37)54(60)56(62)57(55(53)61)63(45-31-26-41(27-32-45)40-20-18-38(19-21-40)36-10-3-1-4-11-36)46-33-28-43(29-34-46)47-16-9-17-50-52(47)49-35-30-42-14-7-8-15-48(42)58(49)64-50/h1-35H. The van der Waals surface area contributed by atoms with Gasteiger partial charge in [0.15, 0.2) is 0 Å². The van der Waals surface area contributed by atoms with Gasteiger partial charge in [-0.25, -0.2) is 0 Å². The van der Waals surface area contributed by atoms with Crippen molar-refractivity contribution in [3.8, 4) is 55.6 Å². The Morgan fingerprint density at radius 2 is 0.781 bits per heavy atom. The summed E-state index contributed by atoms with van der Waals surface area (Å²) in [6.07, 6.45) is 0. The van der Waals surface area contributed by atoms with Gasteiger partial charge in [-0.3, -0.25) is 0 Å². The van der Waals surface area contributed by atoms with Crippen LogP contribution < -0.4 is 26.8 Å². The van der Waals surface area contributed by atoms with Gasteiger partial charge in [-0.15, -0.1) is 0 Å². The minimum absolute atomic E-state index is 0.334. The summed E-state index contributed by atoms with van der Waals surface area (Å²) in [6.45, 7) is 0. The highest BCUT2D eigenvalue weighted by Crippen LogP contribution is 2.41. The van der Waals surface area contributed by atoms with Crippen LogP contribution >= 0.6 is 0 Å². The van der Waals surface area contributed by atoms with E-state index in [0.29, 0.717) is 33.1 Å². The van der Waals surface area contributed by atoms with E-state index in [4.69, 9.17) is 35.8 Å². The molecule has 0 aliphatic carbocycles. The lowest BCUT2D eigenvalue weighted by Crippen LogP contribution is -2.46. The van der Waals surface area contributed by atoms with Crippen LogP contribution in [0.4, 0.5) is 17.1 Å². The highest BCUT2D eigenvalue weighted by Gasteiger charge is 2.23. The Kier molecular flexibility index (Phi) is 9.93. The fraction of sp³-hybridized carbons (Fsp3) is 0. The predicted molar refractivity (Wildman–Crippen MR) is 275 cm³/mol. The fourth-order valence-electron chi connectivity index (χ4n) is 9.11. The van der Waals surface area contributed by atoms with E-state index in [2.05, 4.69) is 164 Å². The van der Waals surface area contributed by atoms with Gasteiger partial charge in [-0.2, -0.15) is 0 Å². The Balaban J connectivity index is 1.01. The van der Waals surface area contributed by atoms with Crippen LogP contribution in [-0.2, 0) is 0 Å². The number of hydrogen-bond acceptors (Lipinski definition) is 2. The summed E-state index contributed by atoms with van der Waals surface area (Å²) in [5.74, 6) is 0. The number of furan rings is 1. The monoisotopic (exact) mass is 805 g/mol. The molecular formula is C58H35B4NO. The summed E-state index contributed by atoms with van der Waals surface area (Å²) in [6, 6.07) is 73.1. The normalized spacial score (nSPS) is 11.4. The van der Waals surface area contributed by atoms with Crippen LogP contribution in [0.25, 0.3) is 88.3 Å². The third-order valence-electron chi connectivity index (χ3n) is 12.4. The minimum Gasteiger partial charge on any atom is -0.455 e. The lowest BCUT2D eigenvalue weighted by Gasteiger charge is -2.33. The Bertz CT molecular complexity index is 3460. The Labute approximate surface area is 378 Å². The van der Waals surface area contributed by atoms with E-state index >= 15 is 0 Å². The molecule has 1 heterocycles. The van der Waals surface area contributed by atoms with E-state index in [0.717, 1.165) is 88.6 Å². The summed E-state index contributed by atoms with van der Waals surface area (Å²) < 4.78 is 6.53. The lowest BCUT2D eigenvalue weighted by atomic mass is 9.64. The van der Waals surface area contributed by atoms with Crippen molar-refractivity contribution in [2.24, 2.45) is 0 Å². The van der Waals surface area contributed by atoms with Gasteiger partial charge in [0, 0.05) is 33.2 Å². The van der Waals surface area contributed by atoms with Crippen molar-refractivity contribution in [2.45, 2.75) is 0 Å². The van der Waals surface area contributed by atoms with Gasteiger partial charge < -0.3 is 9.32 Å². The van der Waals surface area contributed by atoms with Gasteiger partial charge in [-0.05, 0) is 97.4 Å². The molecule has 1 aromatic heterocycles. The predicted octanol–water partition coefficient (Wildman–Crippen LogP) is 11.7. The van der Waals surface area contributed by atoms with Gasteiger partial charge in [0.1, 0.15) is 42.6 Å². The fourth-order valence-corrected chi connectivity index (χ4v) is 9.11. The van der Waals surface area contributed by atoms with Crippen molar-refractivity contribution in [3.05, 3.63) is 212 Å². The maximum absolute atomic E-state index is 7.12. The van der Waals surface area contributed by atoms with E-state index in [-0.39, 0.29) is 0 Å². The molecule has 64 heavy (non-hydrogen) atoms. The van der Waals surface area contributed by atoms with E-state index in [1.54, 1.807) is 0 Å². The van der Waals surface area contributed by atoms with E-state index in [1.165, 1.54) is 5.56 Å². The molecule has 0 saturated carbocycles. The summed E-state index contributed by atoms with van der Waals surface area (Å²) in [4.78, 5) is 2.05. The molecule has 11 rings (SSSR count). The molecule has 0 N–H and O–H groups in total. The summed E-state index contributed by atoms with van der Waals surface area (Å²) in [5, 5.41) is 4.38. The van der Waals surface area contributed by atoms with Gasteiger partial charge in [0.05, 0.1) is 0 Å². The van der Waals surface area contributed by atoms with Crippen molar-refractivity contribution in [1.82, 2.24) is 0 Å². The molecule has 8 radical (unpaired) electrons. The zero-order valence-corrected chi connectivity index (χ0v) is 34.9. The average Bonchev–Trinajstić information content (AvgIpc) is 3.76. The molecule has 2 nitrogen and oxygen atoms in total. The third-order valence-corrected chi connectivity index (χ3v) is 12.4. The molecule has 0 aliphatic heterocycles. The topological polar surface area (TPSA) is 16.4 Å². The first-order chi connectivity index (χ1) is 31.4. The van der Waals surface area contributed by atoms with Crippen LogP contribution in [-0.4, -0.2) is 31.4 Å². The molecule has 0 fully saturated rings. The smallest absolute Gasteiger partial charge is 0.143 e. The molecule has 0 spiro atoms. The molecule has 290 valence electrons. The van der Waals surface area contributed by atoms with Crippen LogP contribution in [0.2, 0.25) is 0 Å². The number of anilines is 3. The Morgan fingerprint density at radius 3 is 1.33 bits per heavy atom. The second kappa shape index (κ2) is 16.2. The summed E-state index contributed by atoms with van der Waals surface area (Å²) in [5.41, 5.74) is 15.5. The van der Waals surface area contributed by atoms with E-state index in [1.807, 2.05) is 53.4 Å². The molecule has 0 amide bonds. The highest BCUT2D eigenvalue weighted by atomic mass is 16.3. The first-order valence-corrected chi connectivity index (χ1v) is 21.3. The number of hydrogen-bond donors (Lipinski definition) is 0. The van der Waals surface area contributed by atoms with Crippen molar-refractivity contribution in [3.63, 3.8) is 0 Å². The molecule has 6 heteroatoms. The zero-order chi connectivity index (χ0) is 43.3. The summed E-state index contributed by atoms with van der Waals surface area (Å²) >= 11 is 0. The van der Waals surface area contributed by atoms with Gasteiger partial charge >= 0.3 is 0 Å². The maximum Gasteiger partial charge on any atom is 0.143 e. The number of nitrogens with zero attached hydrogens (tertiary/aromatic N) is 1. The molecule has 10 aromatic carbocycles. The van der Waals surface area contributed by atoms with Crippen molar-refractivity contribution in [2.75, 3.05) is 4.90 Å².